The number of hydrogen-bond acceptors (Lipinski definition) is 3. The Balaban J connectivity index is 3.31. The van der Waals surface area contributed by atoms with Crippen molar-refractivity contribution in [1.29, 1.82) is 0 Å². The van der Waals surface area contributed by atoms with Gasteiger partial charge in [0.25, 0.3) is 0 Å². The smallest absolute Gasteiger partial charge is 0.203 e. The minimum absolute atomic E-state index is 0.578. The first kappa shape index (κ1) is 10.4. The molecule has 0 aliphatic rings. The molecule has 0 saturated carbocycles. The lowest BCUT2D eigenvalue weighted by molar-refractivity contribution is 0.324. The summed E-state index contributed by atoms with van der Waals surface area (Å²) in [7, 11) is 4.71. The number of hydrogen-bond donors (Lipinski definition) is 0. The number of benzene rings is 1. The van der Waals surface area contributed by atoms with Gasteiger partial charge in [-0.1, -0.05) is 6.58 Å². The van der Waals surface area contributed by atoms with Gasteiger partial charge in [0.2, 0.25) is 5.75 Å². The van der Waals surface area contributed by atoms with Gasteiger partial charge in [-0.05, 0) is 23.8 Å². The molecule has 0 heterocycles. The summed E-state index contributed by atoms with van der Waals surface area (Å²) < 4.78 is 15.5. The number of methoxy groups -OCH3 is 3. The van der Waals surface area contributed by atoms with Crippen LogP contribution in [0.4, 0.5) is 0 Å². The molecule has 1 aromatic rings. The van der Waals surface area contributed by atoms with Gasteiger partial charge in [-0.15, -0.1) is 0 Å². The van der Waals surface area contributed by atoms with Crippen molar-refractivity contribution in [3.05, 3.63) is 30.4 Å². The molecular weight excluding hydrogens is 180 g/mol. The van der Waals surface area contributed by atoms with E-state index in [1.54, 1.807) is 33.5 Å². The van der Waals surface area contributed by atoms with Crippen LogP contribution in [0.5, 0.6) is 17.2 Å². The Morgan fingerprint density at radius 2 is 1.50 bits per heavy atom. The molecule has 3 heteroatoms. The first-order valence-corrected chi connectivity index (χ1v) is 4.10. The number of rotatable bonds is 4. The largest absolute Gasteiger partial charge is 0.493 e. The third-order valence-corrected chi connectivity index (χ3v) is 1.87. The van der Waals surface area contributed by atoms with Gasteiger partial charge in [0.1, 0.15) is 0 Å². The molecule has 75 valence electrons. The summed E-state index contributed by atoms with van der Waals surface area (Å²) in [5, 5.41) is 0. The molecule has 0 aliphatic carbocycles. The van der Waals surface area contributed by atoms with Gasteiger partial charge in [-0.25, -0.2) is 0 Å². The standard InChI is InChI=1S/C11H13O3/c1-5-8-6-9(12-2)11(14-4)10(7-8)13-3/h6-7H,1H2,2-4H3. The van der Waals surface area contributed by atoms with E-state index in [4.69, 9.17) is 14.2 Å². The fourth-order valence-electron chi connectivity index (χ4n) is 1.18. The van der Waals surface area contributed by atoms with E-state index in [0.29, 0.717) is 17.2 Å². The molecular formula is C11H13O3. The van der Waals surface area contributed by atoms with Crippen LogP contribution in [0.15, 0.2) is 18.7 Å². The third-order valence-electron chi connectivity index (χ3n) is 1.87. The van der Waals surface area contributed by atoms with Crippen molar-refractivity contribution >= 4 is 0 Å². The average molecular weight is 193 g/mol. The summed E-state index contributed by atoms with van der Waals surface area (Å²) in [5.74, 6) is 1.80. The fraction of sp³-hybridized carbons (Fsp3) is 0.273. The molecule has 0 saturated heterocycles. The zero-order chi connectivity index (χ0) is 10.6. The van der Waals surface area contributed by atoms with Gasteiger partial charge in [-0.3, -0.25) is 0 Å². The maximum Gasteiger partial charge on any atom is 0.203 e. The lowest BCUT2D eigenvalue weighted by atomic mass is 10.2. The maximum atomic E-state index is 5.16. The summed E-state index contributed by atoms with van der Waals surface area (Å²) in [6.07, 6.45) is 2.76. The van der Waals surface area contributed by atoms with E-state index in [-0.39, 0.29) is 0 Å². The summed E-state index contributed by atoms with van der Waals surface area (Å²) in [6, 6.07) is 3.57. The van der Waals surface area contributed by atoms with E-state index >= 15 is 0 Å². The van der Waals surface area contributed by atoms with Gasteiger partial charge in [0.15, 0.2) is 11.5 Å². The molecule has 1 aromatic carbocycles. The topological polar surface area (TPSA) is 27.7 Å². The maximum absolute atomic E-state index is 5.16. The second-order valence-electron chi connectivity index (χ2n) is 2.59. The highest BCUT2D eigenvalue weighted by Gasteiger charge is 2.11. The monoisotopic (exact) mass is 193 g/mol. The summed E-state index contributed by atoms with van der Waals surface area (Å²) in [6.45, 7) is 3.56. The molecule has 0 N–H and O–H groups in total. The molecule has 1 radical (unpaired) electrons. The van der Waals surface area contributed by atoms with Crippen LogP contribution >= 0.6 is 0 Å². The Labute approximate surface area is 83.9 Å². The van der Waals surface area contributed by atoms with Crippen LogP contribution in [0.1, 0.15) is 5.56 Å². The van der Waals surface area contributed by atoms with Crippen molar-refractivity contribution in [1.82, 2.24) is 0 Å². The molecule has 0 amide bonds. The molecule has 0 fully saturated rings. The van der Waals surface area contributed by atoms with Crippen LogP contribution in [-0.4, -0.2) is 21.3 Å². The van der Waals surface area contributed by atoms with Crippen molar-refractivity contribution < 1.29 is 14.2 Å². The molecule has 0 spiro atoms. The van der Waals surface area contributed by atoms with Crippen molar-refractivity contribution in [2.24, 2.45) is 0 Å². The van der Waals surface area contributed by atoms with Gasteiger partial charge in [-0.2, -0.15) is 0 Å². The first-order chi connectivity index (χ1) is 6.76. The molecule has 3 nitrogen and oxygen atoms in total. The van der Waals surface area contributed by atoms with Crippen molar-refractivity contribution in [2.75, 3.05) is 21.3 Å². The average Bonchev–Trinajstić information content (AvgIpc) is 2.26. The molecule has 14 heavy (non-hydrogen) atoms. The predicted molar refractivity (Wildman–Crippen MR) is 54.1 cm³/mol. The van der Waals surface area contributed by atoms with E-state index in [2.05, 4.69) is 12.7 Å². The predicted octanol–water partition coefficient (Wildman–Crippen LogP) is 2.05. The SMILES string of the molecule is C=[C]c1cc(OC)c(OC)c(OC)c1. The van der Waals surface area contributed by atoms with Crippen LogP contribution < -0.4 is 14.2 Å². The first-order valence-electron chi connectivity index (χ1n) is 4.10. The highest BCUT2D eigenvalue weighted by atomic mass is 16.5. The number of ether oxygens (including phenoxy) is 3. The summed E-state index contributed by atoms with van der Waals surface area (Å²) in [5.41, 5.74) is 0.805. The Morgan fingerprint density at radius 1 is 1.00 bits per heavy atom. The molecule has 0 aliphatic heterocycles. The van der Waals surface area contributed by atoms with E-state index in [0.717, 1.165) is 5.56 Å². The van der Waals surface area contributed by atoms with Gasteiger partial charge in [0.05, 0.1) is 21.3 Å². The Kier molecular flexibility index (Phi) is 3.40. The highest BCUT2D eigenvalue weighted by molar-refractivity contribution is 5.54. The minimum Gasteiger partial charge on any atom is -0.493 e. The quantitative estimate of drug-likeness (QED) is 0.732. The lowest BCUT2D eigenvalue weighted by Gasteiger charge is -2.12. The zero-order valence-corrected chi connectivity index (χ0v) is 8.59. The van der Waals surface area contributed by atoms with Crippen molar-refractivity contribution in [3.63, 3.8) is 0 Å². The molecule has 0 unspecified atom stereocenters. The van der Waals surface area contributed by atoms with E-state index in [9.17, 15) is 0 Å². The highest BCUT2D eigenvalue weighted by Crippen LogP contribution is 2.37. The second kappa shape index (κ2) is 4.56. The Hall–Kier alpha value is -1.64. The van der Waals surface area contributed by atoms with Crippen molar-refractivity contribution in [2.45, 2.75) is 0 Å². The van der Waals surface area contributed by atoms with E-state index in [1.165, 1.54) is 0 Å². The van der Waals surface area contributed by atoms with Crippen LogP contribution in [-0.2, 0) is 0 Å². The van der Waals surface area contributed by atoms with E-state index < -0.39 is 0 Å². The third kappa shape index (κ3) is 1.82. The van der Waals surface area contributed by atoms with Crippen LogP contribution in [0.3, 0.4) is 0 Å². The van der Waals surface area contributed by atoms with E-state index in [1.807, 2.05) is 0 Å². The normalized spacial score (nSPS) is 9.36. The van der Waals surface area contributed by atoms with Crippen LogP contribution in [0.2, 0.25) is 0 Å². The molecule has 0 atom stereocenters. The molecule has 0 aromatic heterocycles. The summed E-state index contributed by atoms with van der Waals surface area (Å²) >= 11 is 0. The lowest BCUT2D eigenvalue weighted by Crippen LogP contribution is -1.95. The summed E-state index contributed by atoms with van der Waals surface area (Å²) in [4.78, 5) is 0. The van der Waals surface area contributed by atoms with Gasteiger partial charge in [0, 0.05) is 0 Å². The van der Waals surface area contributed by atoms with Crippen LogP contribution in [0.25, 0.3) is 0 Å². The second-order valence-corrected chi connectivity index (χ2v) is 2.59. The Bertz CT molecular complexity index is 306. The zero-order valence-electron chi connectivity index (χ0n) is 8.59. The van der Waals surface area contributed by atoms with Gasteiger partial charge < -0.3 is 14.2 Å². The Morgan fingerprint density at radius 3 is 1.79 bits per heavy atom. The van der Waals surface area contributed by atoms with Crippen LogP contribution in [0, 0.1) is 6.08 Å². The van der Waals surface area contributed by atoms with Gasteiger partial charge >= 0.3 is 0 Å². The fourth-order valence-corrected chi connectivity index (χ4v) is 1.18. The minimum atomic E-state index is 0.578. The molecule has 0 bridgehead atoms. The molecule has 1 rings (SSSR count). The van der Waals surface area contributed by atoms with Crippen molar-refractivity contribution in [3.8, 4) is 17.2 Å².